The summed E-state index contributed by atoms with van der Waals surface area (Å²) in [4.78, 5) is 7.99. The molecule has 0 atom stereocenters. The van der Waals surface area contributed by atoms with E-state index in [9.17, 15) is 0 Å². The number of benzene rings is 1. The van der Waals surface area contributed by atoms with Gasteiger partial charge < -0.3 is 4.74 Å². The van der Waals surface area contributed by atoms with E-state index in [1.54, 1.807) is 6.20 Å². The molecule has 2 rings (SSSR count). The first-order valence-electron chi connectivity index (χ1n) is 4.56. The Balaban J connectivity index is 2.31. The summed E-state index contributed by atoms with van der Waals surface area (Å²) in [6.07, 6.45) is 3.19. The molecule has 82 valence electrons. The van der Waals surface area contributed by atoms with Crippen molar-refractivity contribution in [2.24, 2.45) is 0 Å². The van der Waals surface area contributed by atoms with Gasteiger partial charge in [0.25, 0.3) is 0 Å². The maximum absolute atomic E-state index is 5.69. The third-order valence-corrected chi connectivity index (χ3v) is 3.29. The first kappa shape index (κ1) is 11.8. The van der Waals surface area contributed by atoms with Crippen molar-refractivity contribution >= 4 is 38.5 Å². The van der Waals surface area contributed by atoms with E-state index in [0.29, 0.717) is 5.88 Å². The van der Waals surface area contributed by atoms with Gasteiger partial charge in [0.15, 0.2) is 0 Å². The molecule has 0 saturated heterocycles. The number of hydrogen-bond acceptors (Lipinski definition) is 3. The number of nitrogens with zero attached hydrogens (tertiary/aromatic N) is 2. The topological polar surface area (TPSA) is 35.0 Å². The summed E-state index contributed by atoms with van der Waals surface area (Å²) < 4.78 is 7.49. The molecule has 0 N–H and O–H groups in total. The minimum absolute atomic E-state index is 0.570. The van der Waals surface area contributed by atoms with E-state index in [2.05, 4.69) is 48.5 Å². The Bertz CT molecular complexity index is 519. The molecular formula is C11H8BrIN2O. The van der Waals surface area contributed by atoms with Gasteiger partial charge in [-0.2, -0.15) is 0 Å². The zero-order chi connectivity index (χ0) is 11.5. The molecule has 1 aromatic carbocycles. The Morgan fingerprint density at radius 1 is 1.38 bits per heavy atom. The van der Waals surface area contributed by atoms with Crippen molar-refractivity contribution in [1.82, 2.24) is 9.97 Å². The van der Waals surface area contributed by atoms with Crippen molar-refractivity contribution in [3.05, 3.63) is 44.3 Å². The largest absolute Gasteiger partial charge is 0.437 e. The van der Waals surface area contributed by atoms with Crippen LogP contribution in [-0.2, 0) is 0 Å². The molecule has 0 bridgehead atoms. The molecule has 0 amide bonds. The molecule has 0 spiro atoms. The number of halogens is 2. The molecule has 0 aliphatic rings. The standard InChI is InChI=1S/C11H8BrIN2O/c1-7-2-3-10(8(12)4-7)16-11-9(13)5-14-6-15-11/h2-6H,1H3. The molecule has 0 saturated carbocycles. The second-order valence-corrected chi connectivity index (χ2v) is 5.23. The van der Waals surface area contributed by atoms with E-state index >= 15 is 0 Å². The summed E-state index contributed by atoms with van der Waals surface area (Å²) in [5.74, 6) is 1.32. The average molecular weight is 391 g/mol. The number of rotatable bonds is 2. The zero-order valence-electron chi connectivity index (χ0n) is 8.45. The smallest absolute Gasteiger partial charge is 0.235 e. The number of aryl methyl sites for hydroxylation is 1. The van der Waals surface area contributed by atoms with Crippen molar-refractivity contribution in [1.29, 1.82) is 0 Å². The van der Waals surface area contributed by atoms with Gasteiger partial charge >= 0.3 is 0 Å². The van der Waals surface area contributed by atoms with Crippen LogP contribution in [0.1, 0.15) is 5.56 Å². The lowest BCUT2D eigenvalue weighted by Gasteiger charge is -2.08. The fourth-order valence-electron chi connectivity index (χ4n) is 1.17. The van der Waals surface area contributed by atoms with Crippen molar-refractivity contribution < 1.29 is 4.74 Å². The first-order chi connectivity index (χ1) is 7.66. The van der Waals surface area contributed by atoms with Gasteiger partial charge in [0.1, 0.15) is 12.1 Å². The van der Waals surface area contributed by atoms with Crippen LogP contribution >= 0.6 is 38.5 Å². The van der Waals surface area contributed by atoms with Gasteiger partial charge in [-0.3, -0.25) is 0 Å². The Kier molecular flexibility index (Phi) is 3.75. The van der Waals surface area contributed by atoms with Crippen LogP contribution in [0.25, 0.3) is 0 Å². The summed E-state index contributed by atoms with van der Waals surface area (Å²) in [5.41, 5.74) is 1.18. The lowest BCUT2D eigenvalue weighted by Crippen LogP contribution is -1.92. The van der Waals surface area contributed by atoms with Crippen LogP contribution in [-0.4, -0.2) is 9.97 Å². The van der Waals surface area contributed by atoms with Crippen LogP contribution in [0.4, 0.5) is 0 Å². The van der Waals surface area contributed by atoms with E-state index in [-0.39, 0.29) is 0 Å². The molecule has 0 aliphatic carbocycles. The highest BCUT2D eigenvalue weighted by molar-refractivity contribution is 14.1. The van der Waals surface area contributed by atoms with Crippen LogP contribution in [0.2, 0.25) is 0 Å². The molecule has 0 unspecified atom stereocenters. The molecule has 1 heterocycles. The van der Waals surface area contributed by atoms with Gasteiger partial charge in [-0.25, -0.2) is 9.97 Å². The lowest BCUT2D eigenvalue weighted by molar-refractivity contribution is 0.454. The minimum atomic E-state index is 0.570. The normalized spacial score (nSPS) is 10.2. The summed E-state index contributed by atoms with van der Waals surface area (Å²) in [7, 11) is 0. The number of hydrogen-bond donors (Lipinski definition) is 0. The second-order valence-electron chi connectivity index (χ2n) is 3.21. The van der Waals surface area contributed by atoms with E-state index in [4.69, 9.17) is 4.74 Å². The molecule has 1 aromatic heterocycles. The van der Waals surface area contributed by atoms with E-state index < -0.39 is 0 Å². The quantitative estimate of drug-likeness (QED) is 0.728. The average Bonchev–Trinajstić information content (AvgIpc) is 2.25. The van der Waals surface area contributed by atoms with E-state index in [0.717, 1.165) is 13.8 Å². The minimum Gasteiger partial charge on any atom is -0.437 e. The molecule has 3 nitrogen and oxygen atoms in total. The molecule has 0 aliphatic heterocycles. The van der Waals surface area contributed by atoms with Crippen LogP contribution in [0.5, 0.6) is 11.6 Å². The fraction of sp³-hybridized carbons (Fsp3) is 0.0909. The van der Waals surface area contributed by atoms with Crippen molar-refractivity contribution in [2.75, 3.05) is 0 Å². The predicted octanol–water partition coefficient (Wildman–Crippen LogP) is 3.94. The van der Waals surface area contributed by atoms with E-state index in [1.165, 1.54) is 11.9 Å². The van der Waals surface area contributed by atoms with Gasteiger partial charge in [-0.15, -0.1) is 0 Å². The summed E-state index contributed by atoms with van der Waals surface area (Å²) in [5, 5.41) is 0. The third kappa shape index (κ3) is 2.70. The lowest BCUT2D eigenvalue weighted by atomic mass is 10.2. The Morgan fingerprint density at radius 3 is 2.88 bits per heavy atom. The van der Waals surface area contributed by atoms with Crippen LogP contribution < -0.4 is 4.74 Å². The van der Waals surface area contributed by atoms with Crippen molar-refractivity contribution in [3.8, 4) is 11.6 Å². The molecule has 16 heavy (non-hydrogen) atoms. The van der Waals surface area contributed by atoms with Crippen molar-refractivity contribution in [3.63, 3.8) is 0 Å². The Hall–Kier alpha value is -0.690. The number of ether oxygens (including phenoxy) is 1. The van der Waals surface area contributed by atoms with Crippen LogP contribution in [0.3, 0.4) is 0 Å². The third-order valence-electron chi connectivity index (χ3n) is 1.93. The highest BCUT2D eigenvalue weighted by Crippen LogP contribution is 2.30. The van der Waals surface area contributed by atoms with Gasteiger partial charge in [0, 0.05) is 6.20 Å². The van der Waals surface area contributed by atoms with Crippen LogP contribution in [0.15, 0.2) is 35.2 Å². The highest BCUT2D eigenvalue weighted by atomic mass is 127. The van der Waals surface area contributed by atoms with Crippen LogP contribution in [0, 0.1) is 10.5 Å². The van der Waals surface area contributed by atoms with E-state index in [1.807, 2.05) is 25.1 Å². The molecule has 5 heteroatoms. The Morgan fingerprint density at radius 2 is 2.19 bits per heavy atom. The Labute approximate surface area is 116 Å². The molecule has 0 radical (unpaired) electrons. The second kappa shape index (κ2) is 5.09. The summed E-state index contributed by atoms with van der Waals surface area (Å²) in [6, 6.07) is 5.91. The van der Waals surface area contributed by atoms with Gasteiger partial charge in [-0.1, -0.05) is 6.07 Å². The maximum Gasteiger partial charge on any atom is 0.235 e. The SMILES string of the molecule is Cc1ccc(Oc2ncncc2I)c(Br)c1. The fourth-order valence-corrected chi connectivity index (χ4v) is 2.15. The first-order valence-corrected chi connectivity index (χ1v) is 6.43. The highest BCUT2D eigenvalue weighted by Gasteiger charge is 2.06. The number of aromatic nitrogens is 2. The summed E-state index contributed by atoms with van der Waals surface area (Å²) in [6.45, 7) is 2.03. The molecular weight excluding hydrogens is 383 g/mol. The van der Waals surface area contributed by atoms with Crippen molar-refractivity contribution in [2.45, 2.75) is 6.92 Å². The molecule has 2 aromatic rings. The van der Waals surface area contributed by atoms with Gasteiger partial charge in [0.05, 0.1) is 8.04 Å². The predicted molar refractivity (Wildman–Crippen MR) is 73.7 cm³/mol. The maximum atomic E-state index is 5.69. The molecule has 0 fully saturated rings. The summed E-state index contributed by atoms with van der Waals surface area (Å²) >= 11 is 5.60. The monoisotopic (exact) mass is 390 g/mol. The zero-order valence-corrected chi connectivity index (χ0v) is 12.2. The van der Waals surface area contributed by atoms with Gasteiger partial charge in [-0.05, 0) is 63.1 Å². The van der Waals surface area contributed by atoms with Gasteiger partial charge in [0.2, 0.25) is 5.88 Å².